The molecule has 3 heteroatoms. The number of fused-ring (bicyclic) bond motifs is 1. The highest BCUT2D eigenvalue weighted by molar-refractivity contribution is 6.05. The van der Waals surface area contributed by atoms with Crippen LogP contribution in [0.15, 0.2) is 23.3 Å². The maximum Gasteiger partial charge on any atom is 0.167 e. The second-order valence-corrected chi connectivity index (χ2v) is 7.60. The van der Waals surface area contributed by atoms with Gasteiger partial charge >= 0.3 is 0 Å². The van der Waals surface area contributed by atoms with Crippen molar-refractivity contribution in [2.24, 2.45) is 16.7 Å². The molecule has 23 heavy (non-hydrogen) atoms. The maximum absolute atomic E-state index is 13.1. The van der Waals surface area contributed by atoms with Gasteiger partial charge in [0, 0.05) is 30.4 Å². The van der Waals surface area contributed by atoms with Gasteiger partial charge in [-0.15, -0.1) is 11.8 Å². The zero-order chi connectivity index (χ0) is 17.0. The molecule has 0 aliphatic heterocycles. The predicted molar refractivity (Wildman–Crippen MR) is 89.6 cm³/mol. The van der Waals surface area contributed by atoms with Crippen LogP contribution in [-0.2, 0) is 9.53 Å². The van der Waals surface area contributed by atoms with Crippen LogP contribution in [0.25, 0.3) is 0 Å². The zero-order valence-electron chi connectivity index (χ0n) is 14.5. The van der Waals surface area contributed by atoms with Crippen molar-refractivity contribution in [3.05, 3.63) is 23.3 Å². The van der Waals surface area contributed by atoms with Gasteiger partial charge in [-0.05, 0) is 31.8 Å². The van der Waals surface area contributed by atoms with Crippen LogP contribution in [-0.4, -0.2) is 30.2 Å². The molecule has 1 spiro atoms. The van der Waals surface area contributed by atoms with Crippen molar-refractivity contribution in [2.45, 2.75) is 58.7 Å². The van der Waals surface area contributed by atoms with Gasteiger partial charge in [0.05, 0.1) is 17.6 Å². The third kappa shape index (κ3) is 2.08. The Bertz CT molecular complexity index is 652. The summed E-state index contributed by atoms with van der Waals surface area (Å²) in [6.45, 7) is 9.89. The summed E-state index contributed by atoms with van der Waals surface area (Å²) in [5.41, 5.74) is 2.10. The smallest absolute Gasteiger partial charge is 0.167 e. The number of methoxy groups -OCH3 is 1. The second-order valence-electron chi connectivity index (χ2n) is 7.60. The Morgan fingerprint density at radius 3 is 2.57 bits per heavy atom. The van der Waals surface area contributed by atoms with E-state index in [9.17, 15) is 9.90 Å². The highest BCUT2D eigenvalue weighted by Crippen LogP contribution is 2.66. The number of aliphatic hydroxyl groups excluding tert-OH is 1. The number of hydrogen-bond acceptors (Lipinski definition) is 3. The lowest BCUT2D eigenvalue weighted by molar-refractivity contribution is -0.126. The number of carbonyl (C=O) groups excluding carboxylic acids is 1. The molecule has 124 valence electrons. The minimum atomic E-state index is -0.691. The lowest BCUT2D eigenvalue weighted by Gasteiger charge is -2.39. The van der Waals surface area contributed by atoms with Crippen molar-refractivity contribution < 1.29 is 14.6 Å². The molecular weight excluding hydrogens is 288 g/mol. The molecule has 3 atom stereocenters. The summed E-state index contributed by atoms with van der Waals surface area (Å²) in [6, 6.07) is 0. The van der Waals surface area contributed by atoms with E-state index >= 15 is 0 Å². The Labute approximate surface area is 138 Å². The third-order valence-electron chi connectivity index (χ3n) is 6.10. The number of ketones is 1. The maximum atomic E-state index is 13.1. The van der Waals surface area contributed by atoms with Gasteiger partial charge in [0.25, 0.3) is 0 Å². The molecule has 3 unspecified atom stereocenters. The molecule has 3 nitrogen and oxygen atoms in total. The van der Waals surface area contributed by atoms with Crippen LogP contribution < -0.4 is 0 Å². The van der Waals surface area contributed by atoms with Crippen LogP contribution in [0.1, 0.15) is 46.5 Å². The summed E-state index contributed by atoms with van der Waals surface area (Å²) in [5.74, 6) is 5.88. The van der Waals surface area contributed by atoms with Gasteiger partial charge in [0.1, 0.15) is 0 Å². The predicted octanol–water partition coefficient (Wildman–Crippen LogP) is 3.04. The minimum absolute atomic E-state index is 0.131. The summed E-state index contributed by atoms with van der Waals surface area (Å²) < 4.78 is 5.66. The normalized spacial score (nSPS) is 33.5. The van der Waals surface area contributed by atoms with E-state index in [4.69, 9.17) is 4.74 Å². The van der Waals surface area contributed by atoms with Crippen LogP contribution in [0.5, 0.6) is 0 Å². The van der Waals surface area contributed by atoms with Crippen molar-refractivity contribution in [3.63, 3.8) is 0 Å². The Kier molecular flexibility index (Phi) is 3.82. The fourth-order valence-electron chi connectivity index (χ4n) is 4.72. The van der Waals surface area contributed by atoms with E-state index in [2.05, 4.69) is 18.4 Å². The van der Waals surface area contributed by atoms with Gasteiger partial charge in [-0.2, -0.15) is 0 Å². The summed E-state index contributed by atoms with van der Waals surface area (Å²) in [5, 5.41) is 10.9. The van der Waals surface area contributed by atoms with Crippen LogP contribution in [0.2, 0.25) is 0 Å². The van der Waals surface area contributed by atoms with E-state index in [0.717, 1.165) is 36.8 Å². The first-order valence-electron chi connectivity index (χ1n) is 8.41. The molecular formula is C20H26O3. The third-order valence-corrected chi connectivity index (χ3v) is 6.10. The molecule has 0 saturated heterocycles. The number of allylic oxidation sites excluding steroid dienone is 1. The molecule has 1 N–H and O–H groups in total. The quantitative estimate of drug-likeness (QED) is 0.643. The summed E-state index contributed by atoms with van der Waals surface area (Å²) in [7, 11) is 1.63. The summed E-state index contributed by atoms with van der Waals surface area (Å²) in [4.78, 5) is 13.1. The van der Waals surface area contributed by atoms with Crippen molar-refractivity contribution in [1.82, 2.24) is 0 Å². The fraction of sp³-hybridized carbons (Fsp3) is 0.650. The van der Waals surface area contributed by atoms with E-state index in [1.807, 2.05) is 20.8 Å². The molecule has 0 aromatic carbocycles. The minimum Gasteiger partial charge on any atom is -0.388 e. The van der Waals surface area contributed by atoms with Crippen molar-refractivity contribution >= 4 is 5.78 Å². The molecule has 0 heterocycles. The number of rotatable bonds is 3. The van der Waals surface area contributed by atoms with Gasteiger partial charge in [-0.3, -0.25) is 4.79 Å². The van der Waals surface area contributed by atoms with E-state index in [0.29, 0.717) is 0 Å². The van der Waals surface area contributed by atoms with E-state index in [-0.39, 0.29) is 23.2 Å². The van der Waals surface area contributed by atoms with Crippen LogP contribution >= 0.6 is 0 Å². The van der Waals surface area contributed by atoms with Gasteiger partial charge < -0.3 is 9.84 Å². The van der Waals surface area contributed by atoms with Gasteiger partial charge in [0.2, 0.25) is 0 Å². The van der Waals surface area contributed by atoms with Crippen molar-refractivity contribution in [3.8, 4) is 11.8 Å². The number of hydrogen-bond donors (Lipinski definition) is 1. The number of aliphatic hydroxyl groups is 1. The molecule has 0 aromatic rings. The molecule has 3 rings (SSSR count). The molecule has 0 amide bonds. The molecule has 0 radical (unpaired) electrons. The summed E-state index contributed by atoms with van der Waals surface area (Å²) >= 11 is 0. The first-order chi connectivity index (χ1) is 10.8. The molecule has 3 aliphatic carbocycles. The Morgan fingerprint density at radius 2 is 2.04 bits per heavy atom. The molecule has 0 aromatic heterocycles. The topological polar surface area (TPSA) is 46.5 Å². The molecule has 2 fully saturated rings. The van der Waals surface area contributed by atoms with E-state index in [1.165, 1.54) is 5.57 Å². The van der Waals surface area contributed by atoms with Gasteiger partial charge in [0.15, 0.2) is 5.78 Å². The fourth-order valence-corrected chi connectivity index (χ4v) is 4.72. The van der Waals surface area contributed by atoms with E-state index in [1.54, 1.807) is 7.11 Å². The van der Waals surface area contributed by atoms with Crippen molar-refractivity contribution in [2.75, 3.05) is 7.11 Å². The first-order valence-corrected chi connectivity index (χ1v) is 8.41. The van der Waals surface area contributed by atoms with Crippen LogP contribution in [0, 0.1) is 28.6 Å². The Balaban J connectivity index is 2.16. The van der Waals surface area contributed by atoms with Crippen LogP contribution in [0.4, 0.5) is 0 Å². The zero-order valence-corrected chi connectivity index (χ0v) is 14.5. The molecule has 0 bridgehead atoms. The SMILES string of the molecule is C=C1C(O)C2C(=C(CCC#CC)C13CC3)C(=O)C(C)(C)C2OC. The lowest BCUT2D eigenvalue weighted by Crippen LogP contribution is -2.41. The number of Topliss-reactive ketones (excluding diaryl/α,β-unsaturated/α-hetero) is 1. The highest BCUT2D eigenvalue weighted by Gasteiger charge is 2.64. The average Bonchev–Trinajstić information content (AvgIpc) is 3.27. The van der Waals surface area contributed by atoms with Crippen molar-refractivity contribution in [1.29, 1.82) is 0 Å². The average molecular weight is 314 g/mol. The van der Waals surface area contributed by atoms with Gasteiger partial charge in [-0.25, -0.2) is 0 Å². The largest absolute Gasteiger partial charge is 0.388 e. The Morgan fingerprint density at radius 1 is 1.39 bits per heavy atom. The molecule has 2 saturated carbocycles. The van der Waals surface area contributed by atoms with Gasteiger partial charge in [-0.1, -0.05) is 26.0 Å². The highest BCUT2D eigenvalue weighted by atomic mass is 16.5. The standard InChI is InChI=1S/C20H26O3/c1-6-7-8-9-13-14-15(16(21)12(2)20(13)10-11-20)18(23-5)19(3,4)17(14)22/h15-16,18,21H,2,8-11H2,1,3-5H3. The van der Waals surface area contributed by atoms with Crippen LogP contribution in [0.3, 0.4) is 0 Å². The lowest BCUT2D eigenvalue weighted by atomic mass is 9.69. The van der Waals surface area contributed by atoms with E-state index < -0.39 is 11.5 Å². The number of ether oxygens (including phenoxy) is 1. The second kappa shape index (κ2) is 5.33. The number of carbonyl (C=O) groups is 1. The first kappa shape index (κ1) is 16.5. The summed E-state index contributed by atoms with van der Waals surface area (Å²) in [6.07, 6.45) is 2.51. The Hall–Kier alpha value is -1.37. The monoisotopic (exact) mass is 314 g/mol. The molecule has 3 aliphatic rings.